The molecular formula is C21H19N3O2S2. The van der Waals surface area contributed by atoms with Gasteiger partial charge in [-0.25, -0.2) is 4.98 Å². The standard InChI is InChI=1S/C21H19N3O2S2/c1-14-3-7-16(8-4-14)20-22-17(12-27-20)13-28-21-24-23-19(26-21)11-15-5-9-18(25-2)10-6-15/h3-10,12H,11,13H2,1-2H3. The van der Waals surface area contributed by atoms with Crippen LogP contribution < -0.4 is 4.74 Å². The maximum absolute atomic E-state index is 5.76. The third-order valence-electron chi connectivity index (χ3n) is 4.16. The number of hydrogen-bond donors (Lipinski definition) is 0. The molecule has 0 unspecified atom stereocenters. The Morgan fingerprint density at radius 3 is 2.57 bits per heavy atom. The molecule has 0 spiro atoms. The third-order valence-corrected chi connectivity index (χ3v) is 5.95. The minimum atomic E-state index is 0.563. The number of aromatic nitrogens is 3. The van der Waals surface area contributed by atoms with Crippen molar-refractivity contribution in [1.82, 2.24) is 15.2 Å². The van der Waals surface area contributed by atoms with Crippen LogP contribution in [-0.2, 0) is 12.2 Å². The molecule has 142 valence electrons. The van der Waals surface area contributed by atoms with Crippen LogP contribution in [0.25, 0.3) is 10.6 Å². The molecule has 0 radical (unpaired) electrons. The maximum Gasteiger partial charge on any atom is 0.276 e. The maximum atomic E-state index is 5.76. The molecular weight excluding hydrogens is 390 g/mol. The summed E-state index contributed by atoms with van der Waals surface area (Å²) in [5.41, 5.74) is 4.51. The van der Waals surface area contributed by atoms with Crippen LogP contribution >= 0.6 is 23.1 Å². The average Bonchev–Trinajstić information content (AvgIpc) is 3.37. The first-order valence-corrected chi connectivity index (χ1v) is 10.7. The Morgan fingerprint density at radius 2 is 1.82 bits per heavy atom. The minimum Gasteiger partial charge on any atom is -0.497 e. The summed E-state index contributed by atoms with van der Waals surface area (Å²) < 4.78 is 10.9. The molecule has 0 aliphatic heterocycles. The topological polar surface area (TPSA) is 61.0 Å². The van der Waals surface area contributed by atoms with Gasteiger partial charge in [0.15, 0.2) is 0 Å². The number of aryl methyl sites for hydroxylation is 1. The molecule has 0 fully saturated rings. The van der Waals surface area contributed by atoms with Gasteiger partial charge in [-0.3, -0.25) is 0 Å². The monoisotopic (exact) mass is 409 g/mol. The van der Waals surface area contributed by atoms with Gasteiger partial charge in [-0.2, -0.15) is 0 Å². The summed E-state index contributed by atoms with van der Waals surface area (Å²) >= 11 is 3.16. The predicted octanol–water partition coefficient (Wildman–Crippen LogP) is 5.39. The lowest BCUT2D eigenvalue weighted by atomic mass is 10.1. The van der Waals surface area contributed by atoms with E-state index in [4.69, 9.17) is 14.1 Å². The highest BCUT2D eigenvalue weighted by molar-refractivity contribution is 7.98. The van der Waals surface area contributed by atoms with Crippen LogP contribution in [0, 0.1) is 6.92 Å². The number of rotatable bonds is 7. The predicted molar refractivity (Wildman–Crippen MR) is 112 cm³/mol. The molecule has 7 heteroatoms. The van der Waals surface area contributed by atoms with E-state index in [1.54, 1.807) is 18.4 Å². The molecule has 4 rings (SSSR count). The summed E-state index contributed by atoms with van der Waals surface area (Å²) in [4.78, 5) is 4.71. The molecule has 28 heavy (non-hydrogen) atoms. The van der Waals surface area contributed by atoms with Gasteiger partial charge in [-0.05, 0) is 24.6 Å². The summed E-state index contributed by atoms with van der Waals surface area (Å²) in [6.45, 7) is 2.08. The van der Waals surface area contributed by atoms with Gasteiger partial charge in [0.1, 0.15) is 10.8 Å². The van der Waals surface area contributed by atoms with Gasteiger partial charge >= 0.3 is 0 Å². The minimum absolute atomic E-state index is 0.563. The molecule has 0 amide bonds. The van der Waals surface area contributed by atoms with Crippen molar-refractivity contribution < 1.29 is 9.15 Å². The third kappa shape index (κ3) is 4.61. The molecule has 2 heterocycles. The van der Waals surface area contributed by atoms with Gasteiger partial charge in [0.05, 0.1) is 19.2 Å². The van der Waals surface area contributed by atoms with Gasteiger partial charge < -0.3 is 9.15 Å². The van der Waals surface area contributed by atoms with E-state index in [0.29, 0.717) is 23.3 Å². The Morgan fingerprint density at radius 1 is 1.04 bits per heavy atom. The lowest BCUT2D eigenvalue weighted by Gasteiger charge is -2.00. The van der Waals surface area contributed by atoms with Crippen molar-refractivity contribution in [2.24, 2.45) is 0 Å². The van der Waals surface area contributed by atoms with Crippen LogP contribution in [0.2, 0.25) is 0 Å². The number of thiazole rings is 1. The Hall–Kier alpha value is -2.64. The fraction of sp³-hybridized carbons (Fsp3) is 0.190. The largest absolute Gasteiger partial charge is 0.497 e. The highest BCUT2D eigenvalue weighted by Crippen LogP contribution is 2.28. The molecule has 4 aromatic rings. The van der Waals surface area contributed by atoms with Crippen LogP contribution in [0.5, 0.6) is 5.75 Å². The van der Waals surface area contributed by atoms with Gasteiger partial charge in [0, 0.05) is 16.7 Å². The molecule has 0 saturated heterocycles. The summed E-state index contributed by atoms with van der Waals surface area (Å²) in [6, 6.07) is 16.3. The second-order valence-corrected chi connectivity index (χ2v) is 8.07. The Bertz CT molecular complexity index is 1040. The fourth-order valence-electron chi connectivity index (χ4n) is 2.62. The summed E-state index contributed by atoms with van der Waals surface area (Å²) in [5, 5.41) is 11.9. The Kier molecular flexibility index (Phi) is 5.73. The first-order chi connectivity index (χ1) is 13.7. The zero-order valence-electron chi connectivity index (χ0n) is 15.6. The van der Waals surface area contributed by atoms with Gasteiger partial charge in [0.25, 0.3) is 5.22 Å². The first-order valence-electron chi connectivity index (χ1n) is 8.79. The van der Waals surface area contributed by atoms with Crippen LogP contribution in [-0.4, -0.2) is 22.3 Å². The van der Waals surface area contributed by atoms with E-state index in [9.17, 15) is 0 Å². The van der Waals surface area contributed by atoms with E-state index in [0.717, 1.165) is 27.6 Å². The first kappa shape index (κ1) is 18.7. The van der Waals surface area contributed by atoms with E-state index in [1.165, 1.54) is 17.3 Å². The molecule has 2 aromatic heterocycles. The molecule has 0 aliphatic carbocycles. The van der Waals surface area contributed by atoms with E-state index in [2.05, 4.69) is 46.8 Å². The van der Waals surface area contributed by atoms with Crippen LogP contribution in [0.3, 0.4) is 0 Å². The normalized spacial score (nSPS) is 10.9. The number of hydrogen-bond acceptors (Lipinski definition) is 7. The molecule has 0 saturated carbocycles. The zero-order valence-corrected chi connectivity index (χ0v) is 17.2. The van der Waals surface area contributed by atoms with E-state index in [1.807, 2.05) is 24.3 Å². The van der Waals surface area contributed by atoms with Gasteiger partial charge in [-0.1, -0.05) is 53.7 Å². The number of thioether (sulfide) groups is 1. The molecule has 0 aliphatic rings. The second kappa shape index (κ2) is 8.58. The van der Waals surface area contributed by atoms with E-state index < -0.39 is 0 Å². The second-order valence-electron chi connectivity index (χ2n) is 6.29. The number of ether oxygens (including phenoxy) is 1. The van der Waals surface area contributed by atoms with Gasteiger partial charge in [0.2, 0.25) is 5.89 Å². The van der Waals surface area contributed by atoms with Crippen LogP contribution in [0.15, 0.2) is 63.6 Å². The average molecular weight is 410 g/mol. The molecule has 0 N–H and O–H groups in total. The van der Waals surface area contributed by atoms with Crippen molar-refractivity contribution in [1.29, 1.82) is 0 Å². The van der Waals surface area contributed by atoms with E-state index in [-0.39, 0.29) is 0 Å². The summed E-state index contributed by atoms with van der Waals surface area (Å²) in [6.07, 6.45) is 0.603. The molecule has 5 nitrogen and oxygen atoms in total. The summed E-state index contributed by atoms with van der Waals surface area (Å²) in [7, 11) is 1.66. The smallest absolute Gasteiger partial charge is 0.276 e. The van der Waals surface area contributed by atoms with Crippen LogP contribution in [0.1, 0.15) is 22.7 Å². The number of benzene rings is 2. The van der Waals surface area contributed by atoms with Crippen LogP contribution in [0.4, 0.5) is 0 Å². The van der Waals surface area contributed by atoms with Crippen molar-refractivity contribution in [3.05, 3.63) is 76.6 Å². The lowest BCUT2D eigenvalue weighted by Crippen LogP contribution is -1.89. The zero-order chi connectivity index (χ0) is 19.3. The number of methoxy groups -OCH3 is 1. The highest BCUT2D eigenvalue weighted by atomic mass is 32.2. The highest BCUT2D eigenvalue weighted by Gasteiger charge is 2.10. The molecule has 0 bridgehead atoms. The van der Waals surface area contributed by atoms with E-state index >= 15 is 0 Å². The van der Waals surface area contributed by atoms with Gasteiger partial charge in [-0.15, -0.1) is 21.5 Å². The molecule has 2 aromatic carbocycles. The lowest BCUT2D eigenvalue weighted by molar-refractivity contribution is 0.413. The SMILES string of the molecule is COc1ccc(Cc2nnc(SCc3csc(-c4ccc(C)cc4)n3)o2)cc1. The quantitative estimate of drug-likeness (QED) is 0.381. The Balaban J connectivity index is 1.35. The van der Waals surface area contributed by atoms with Crippen molar-refractivity contribution in [3.8, 4) is 16.3 Å². The van der Waals surface area contributed by atoms with Crippen molar-refractivity contribution in [2.75, 3.05) is 7.11 Å². The molecule has 0 atom stereocenters. The fourth-order valence-corrected chi connectivity index (χ4v) is 4.23. The van der Waals surface area contributed by atoms with Crippen molar-refractivity contribution >= 4 is 23.1 Å². The Labute approximate surface area is 171 Å². The van der Waals surface area contributed by atoms with Crippen molar-refractivity contribution in [3.63, 3.8) is 0 Å². The summed E-state index contributed by atoms with van der Waals surface area (Å²) in [5.74, 6) is 2.14. The number of nitrogens with zero attached hydrogens (tertiary/aromatic N) is 3. The van der Waals surface area contributed by atoms with Crippen molar-refractivity contribution in [2.45, 2.75) is 24.3 Å².